The zero-order chi connectivity index (χ0) is 12.0. The minimum Gasteiger partial charge on any atom is -0.377 e. The van der Waals surface area contributed by atoms with Crippen molar-refractivity contribution in [3.05, 3.63) is 0 Å². The number of nitrogens with one attached hydrogen (secondary N) is 2. The topological polar surface area (TPSA) is 50.4 Å². The molecule has 1 amide bonds. The van der Waals surface area contributed by atoms with Crippen LogP contribution in [-0.2, 0) is 9.53 Å². The van der Waals surface area contributed by atoms with E-state index in [0.717, 1.165) is 32.4 Å². The zero-order valence-corrected chi connectivity index (χ0v) is 10.7. The Morgan fingerprint density at radius 2 is 2.24 bits per heavy atom. The van der Waals surface area contributed by atoms with Crippen LogP contribution in [0.25, 0.3) is 0 Å². The summed E-state index contributed by atoms with van der Waals surface area (Å²) in [4.78, 5) is 12.1. The first-order chi connectivity index (χ1) is 8.10. The molecule has 4 nitrogen and oxygen atoms in total. The third kappa shape index (κ3) is 1.69. The molecule has 0 aromatic heterocycles. The number of amides is 1. The van der Waals surface area contributed by atoms with Gasteiger partial charge >= 0.3 is 0 Å². The van der Waals surface area contributed by atoms with Crippen LogP contribution in [0.3, 0.4) is 0 Å². The number of ether oxygens (including phenoxy) is 1. The molecule has 2 N–H and O–H groups in total. The van der Waals surface area contributed by atoms with Crippen LogP contribution in [0.2, 0.25) is 0 Å². The van der Waals surface area contributed by atoms with Crippen molar-refractivity contribution in [1.29, 1.82) is 0 Å². The lowest BCUT2D eigenvalue weighted by molar-refractivity contribution is -0.139. The minimum absolute atomic E-state index is 0.0344. The second kappa shape index (κ2) is 3.95. The molecule has 0 spiro atoms. The molecule has 2 heterocycles. The van der Waals surface area contributed by atoms with E-state index >= 15 is 0 Å². The van der Waals surface area contributed by atoms with Crippen LogP contribution in [0.1, 0.15) is 33.1 Å². The van der Waals surface area contributed by atoms with Gasteiger partial charge in [-0.15, -0.1) is 0 Å². The summed E-state index contributed by atoms with van der Waals surface area (Å²) in [6.45, 7) is 6.23. The molecule has 1 saturated carbocycles. The van der Waals surface area contributed by atoms with Gasteiger partial charge in [0, 0.05) is 24.0 Å². The van der Waals surface area contributed by atoms with Gasteiger partial charge in [0.1, 0.15) is 0 Å². The molecule has 3 fully saturated rings. The second-order valence-electron chi connectivity index (χ2n) is 6.20. The van der Waals surface area contributed by atoms with Crippen molar-refractivity contribution in [3.63, 3.8) is 0 Å². The van der Waals surface area contributed by atoms with Crippen molar-refractivity contribution < 1.29 is 9.53 Å². The number of carbonyl (C=O) groups excluding carboxylic acids is 1. The molecule has 4 heteroatoms. The monoisotopic (exact) mass is 238 g/mol. The third-order valence-electron chi connectivity index (χ3n) is 4.78. The smallest absolute Gasteiger partial charge is 0.237 e. The maximum absolute atomic E-state index is 12.1. The van der Waals surface area contributed by atoms with Gasteiger partial charge in [0.15, 0.2) is 0 Å². The predicted molar refractivity (Wildman–Crippen MR) is 64.6 cm³/mol. The SMILES string of the molecule is CC1(C)C(NC(=O)C2CCCN2)C2CCOC21. The Morgan fingerprint density at radius 1 is 1.41 bits per heavy atom. The molecular formula is C13H22N2O2. The van der Waals surface area contributed by atoms with Crippen LogP contribution < -0.4 is 10.6 Å². The van der Waals surface area contributed by atoms with Crippen LogP contribution in [-0.4, -0.2) is 37.2 Å². The van der Waals surface area contributed by atoms with Crippen LogP contribution in [0.5, 0.6) is 0 Å². The maximum Gasteiger partial charge on any atom is 0.237 e. The Labute approximate surface area is 102 Å². The highest BCUT2D eigenvalue weighted by Crippen LogP contribution is 2.52. The van der Waals surface area contributed by atoms with Crippen LogP contribution in [0.15, 0.2) is 0 Å². The molecule has 4 atom stereocenters. The van der Waals surface area contributed by atoms with Crippen LogP contribution in [0.4, 0.5) is 0 Å². The summed E-state index contributed by atoms with van der Waals surface area (Å²) in [7, 11) is 0. The first-order valence-corrected chi connectivity index (χ1v) is 6.76. The van der Waals surface area contributed by atoms with E-state index < -0.39 is 0 Å². The van der Waals surface area contributed by atoms with Crippen LogP contribution >= 0.6 is 0 Å². The van der Waals surface area contributed by atoms with Crippen molar-refractivity contribution >= 4 is 5.91 Å². The van der Waals surface area contributed by atoms with E-state index in [1.54, 1.807) is 0 Å². The molecule has 2 saturated heterocycles. The molecule has 0 bridgehead atoms. The second-order valence-corrected chi connectivity index (χ2v) is 6.20. The highest BCUT2D eigenvalue weighted by Gasteiger charge is 2.59. The Kier molecular flexibility index (Phi) is 2.67. The van der Waals surface area contributed by atoms with Gasteiger partial charge in [0.2, 0.25) is 5.91 Å². The van der Waals surface area contributed by atoms with Crippen molar-refractivity contribution in [2.75, 3.05) is 13.2 Å². The van der Waals surface area contributed by atoms with E-state index in [1.165, 1.54) is 0 Å². The quantitative estimate of drug-likeness (QED) is 0.743. The molecule has 1 aliphatic carbocycles. The Bertz CT molecular complexity index is 323. The first-order valence-electron chi connectivity index (χ1n) is 6.76. The average Bonchev–Trinajstić information content (AvgIpc) is 2.95. The predicted octanol–water partition coefficient (Wildman–Crippen LogP) is 0.668. The Hall–Kier alpha value is -0.610. The van der Waals surface area contributed by atoms with E-state index in [2.05, 4.69) is 24.5 Å². The van der Waals surface area contributed by atoms with Crippen molar-refractivity contribution in [3.8, 4) is 0 Å². The summed E-state index contributed by atoms with van der Waals surface area (Å²) >= 11 is 0. The van der Waals surface area contributed by atoms with E-state index in [9.17, 15) is 4.79 Å². The largest absolute Gasteiger partial charge is 0.377 e. The summed E-state index contributed by atoms with van der Waals surface area (Å²) in [5, 5.41) is 6.49. The van der Waals surface area contributed by atoms with Crippen LogP contribution in [0, 0.1) is 11.3 Å². The molecule has 96 valence electrons. The summed E-state index contributed by atoms with van der Waals surface area (Å²) < 4.78 is 5.74. The normalized spacial score (nSPS) is 42.9. The van der Waals surface area contributed by atoms with Gasteiger partial charge in [0.05, 0.1) is 12.1 Å². The lowest BCUT2D eigenvalue weighted by Gasteiger charge is -2.54. The summed E-state index contributed by atoms with van der Waals surface area (Å²) in [5.74, 6) is 0.723. The van der Waals surface area contributed by atoms with Crippen molar-refractivity contribution in [1.82, 2.24) is 10.6 Å². The molecule has 3 aliphatic rings. The van der Waals surface area contributed by atoms with Gasteiger partial charge < -0.3 is 15.4 Å². The van der Waals surface area contributed by atoms with Gasteiger partial charge in [-0.3, -0.25) is 4.79 Å². The Morgan fingerprint density at radius 3 is 2.94 bits per heavy atom. The molecule has 0 aromatic rings. The van der Waals surface area contributed by atoms with Crippen molar-refractivity contribution in [2.24, 2.45) is 11.3 Å². The van der Waals surface area contributed by atoms with Gasteiger partial charge in [-0.1, -0.05) is 13.8 Å². The Balaban J connectivity index is 1.63. The average molecular weight is 238 g/mol. The molecule has 0 aromatic carbocycles. The minimum atomic E-state index is 0.0344. The molecule has 3 rings (SSSR count). The number of hydrogen-bond acceptors (Lipinski definition) is 3. The number of hydrogen-bond donors (Lipinski definition) is 2. The highest BCUT2D eigenvalue weighted by atomic mass is 16.5. The number of fused-ring (bicyclic) bond motifs is 1. The van der Waals surface area contributed by atoms with E-state index in [4.69, 9.17) is 4.74 Å². The lowest BCUT2D eigenvalue weighted by atomic mass is 9.57. The molecule has 0 radical (unpaired) electrons. The zero-order valence-electron chi connectivity index (χ0n) is 10.7. The van der Waals surface area contributed by atoms with E-state index in [1.807, 2.05) is 0 Å². The van der Waals surface area contributed by atoms with Crippen molar-refractivity contribution in [2.45, 2.75) is 51.3 Å². The number of carbonyl (C=O) groups is 1. The van der Waals surface area contributed by atoms with Gasteiger partial charge in [-0.05, 0) is 25.8 Å². The maximum atomic E-state index is 12.1. The third-order valence-corrected chi connectivity index (χ3v) is 4.78. The molecular weight excluding hydrogens is 216 g/mol. The first kappa shape index (κ1) is 11.5. The van der Waals surface area contributed by atoms with E-state index in [-0.39, 0.29) is 17.4 Å². The van der Waals surface area contributed by atoms with Gasteiger partial charge in [0.25, 0.3) is 0 Å². The fraction of sp³-hybridized carbons (Fsp3) is 0.923. The van der Waals surface area contributed by atoms with E-state index in [0.29, 0.717) is 18.1 Å². The van der Waals surface area contributed by atoms with Gasteiger partial charge in [-0.2, -0.15) is 0 Å². The molecule has 4 unspecified atom stereocenters. The summed E-state index contributed by atoms with van der Waals surface area (Å²) in [6.07, 6.45) is 3.53. The van der Waals surface area contributed by atoms with Gasteiger partial charge in [-0.25, -0.2) is 0 Å². The number of rotatable bonds is 2. The highest BCUT2D eigenvalue weighted by molar-refractivity contribution is 5.82. The standard InChI is InChI=1S/C13H22N2O2/c1-13(2)10(8-5-7-17-11(8)13)15-12(16)9-4-3-6-14-9/h8-11,14H,3-7H2,1-2H3,(H,15,16). The fourth-order valence-corrected chi connectivity index (χ4v) is 3.78. The fourth-order valence-electron chi connectivity index (χ4n) is 3.78. The molecule has 2 aliphatic heterocycles. The molecule has 17 heavy (non-hydrogen) atoms. The lowest BCUT2D eigenvalue weighted by Crippen LogP contribution is -2.67. The summed E-state index contributed by atoms with van der Waals surface area (Å²) in [5.41, 5.74) is 0.0927. The summed E-state index contributed by atoms with van der Waals surface area (Å²) in [6, 6.07) is 0.331.